The van der Waals surface area contributed by atoms with E-state index in [0.717, 1.165) is 17.0 Å². The van der Waals surface area contributed by atoms with Crippen LogP contribution in [0.15, 0.2) is 18.2 Å². The Morgan fingerprint density at radius 1 is 1.20 bits per heavy atom. The molecule has 0 heterocycles. The standard InChI is InChI=1S/C13H17F5N2/c1-8(2)20(7-13(16,17)18)6-12(19)10-4-3-9(14)5-11(10)15/h3-5,8,12H,6-7,19H2,1-2H3. The molecule has 0 radical (unpaired) electrons. The lowest BCUT2D eigenvalue weighted by Crippen LogP contribution is -2.43. The molecule has 1 aromatic carbocycles. The van der Waals surface area contributed by atoms with Crippen LogP contribution in [0.25, 0.3) is 0 Å². The van der Waals surface area contributed by atoms with Crippen LogP contribution in [-0.2, 0) is 0 Å². The molecule has 2 nitrogen and oxygen atoms in total. The molecule has 2 N–H and O–H groups in total. The number of halogens is 5. The van der Waals surface area contributed by atoms with Gasteiger partial charge in [-0.15, -0.1) is 0 Å². The van der Waals surface area contributed by atoms with E-state index >= 15 is 0 Å². The van der Waals surface area contributed by atoms with Crippen molar-refractivity contribution in [1.82, 2.24) is 4.90 Å². The number of hydrogen-bond acceptors (Lipinski definition) is 2. The van der Waals surface area contributed by atoms with Crippen LogP contribution in [0.2, 0.25) is 0 Å². The highest BCUT2D eigenvalue weighted by Crippen LogP contribution is 2.22. The summed E-state index contributed by atoms with van der Waals surface area (Å²) in [6, 6.07) is 1.49. The molecule has 1 aromatic rings. The Balaban J connectivity index is 2.82. The van der Waals surface area contributed by atoms with Gasteiger partial charge in [-0.3, -0.25) is 4.90 Å². The summed E-state index contributed by atoms with van der Waals surface area (Å²) in [7, 11) is 0. The second-order valence-corrected chi connectivity index (χ2v) is 4.91. The van der Waals surface area contributed by atoms with E-state index < -0.39 is 36.4 Å². The van der Waals surface area contributed by atoms with E-state index in [1.54, 1.807) is 13.8 Å². The Bertz CT molecular complexity index is 445. The number of hydrogen-bond donors (Lipinski definition) is 1. The molecule has 0 aliphatic carbocycles. The molecule has 1 unspecified atom stereocenters. The zero-order valence-corrected chi connectivity index (χ0v) is 11.2. The van der Waals surface area contributed by atoms with Gasteiger partial charge in [-0.25, -0.2) is 8.78 Å². The molecule has 0 bridgehead atoms. The summed E-state index contributed by atoms with van der Waals surface area (Å²) < 4.78 is 63.6. The summed E-state index contributed by atoms with van der Waals surface area (Å²) in [5.41, 5.74) is 5.73. The van der Waals surface area contributed by atoms with Crippen molar-refractivity contribution in [3.63, 3.8) is 0 Å². The first-order valence-electron chi connectivity index (χ1n) is 6.11. The molecule has 20 heavy (non-hydrogen) atoms. The monoisotopic (exact) mass is 296 g/mol. The van der Waals surface area contributed by atoms with Gasteiger partial charge in [0.2, 0.25) is 0 Å². The SMILES string of the molecule is CC(C)N(CC(N)c1ccc(F)cc1F)CC(F)(F)F. The number of nitrogens with zero attached hydrogens (tertiary/aromatic N) is 1. The van der Waals surface area contributed by atoms with Gasteiger partial charge in [-0.2, -0.15) is 13.2 Å². The minimum atomic E-state index is -4.36. The highest BCUT2D eigenvalue weighted by Gasteiger charge is 2.32. The summed E-state index contributed by atoms with van der Waals surface area (Å²) in [5.74, 6) is -1.61. The maximum Gasteiger partial charge on any atom is 0.401 e. The fraction of sp³-hybridized carbons (Fsp3) is 0.538. The van der Waals surface area contributed by atoms with Gasteiger partial charge in [-0.05, 0) is 19.9 Å². The fourth-order valence-electron chi connectivity index (χ4n) is 1.84. The Morgan fingerprint density at radius 2 is 1.80 bits per heavy atom. The minimum absolute atomic E-state index is 0.000718. The van der Waals surface area contributed by atoms with Crippen LogP contribution in [0.3, 0.4) is 0 Å². The average Bonchev–Trinajstić information content (AvgIpc) is 2.25. The van der Waals surface area contributed by atoms with Crippen molar-refractivity contribution >= 4 is 0 Å². The molecule has 1 rings (SSSR count). The van der Waals surface area contributed by atoms with Gasteiger partial charge >= 0.3 is 6.18 Å². The topological polar surface area (TPSA) is 29.3 Å². The molecule has 0 spiro atoms. The van der Waals surface area contributed by atoms with E-state index in [1.165, 1.54) is 0 Å². The van der Waals surface area contributed by atoms with Gasteiger partial charge in [0.1, 0.15) is 11.6 Å². The molecule has 1 atom stereocenters. The lowest BCUT2D eigenvalue weighted by atomic mass is 10.1. The van der Waals surface area contributed by atoms with Crippen molar-refractivity contribution in [3.8, 4) is 0 Å². The average molecular weight is 296 g/mol. The fourth-order valence-corrected chi connectivity index (χ4v) is 1.84. The second-order valence-electron chi connectivity index (χ2n) is 4.91. The summed E-state index contributed by atoms with van der Waals surface area (Å²) in [6.07, 6.45) is -4.36. The lowest BCUT2D eigenvalue weighted by molar-refractivity contribution is -0.150. The lowest BCUT2D eigenvalue weighted by Gasteiger charge is -2.30. The van der Waals surface area contributed by atoms with Gasteiger partial charge in [0.25, 0.3) is 0 Å². The molecule has 0 aromatic heterocycles. The first-order valence-corrected chi connectivity index (χ1v) is 6.11. The molecule has 0 fully saturated rings. The third kappa shape index (κ3) is 5.05. The smallest absolute Gasteiger partial charge is 0.323 e. The summed E-state index contributed by atoms with van der Waals surface area (Å²) >= 11 is 0. The first-order chi connectivity index (χ1) is 9.10. The van der Waals surface area contributed by atoms with Crippen molar-refractivity contribution in [3.05, 3.63) is 35.4 Å². The highest BCUT2D eigenvalue weighted by molar-refractivity contribution is 5.22. The third-order valence-electron chi connectivity index (χ3n) is 2.91. The minimum Gasteiger partial charge on any atom is -0.323 e. The second kappa shape index (κ2) is 6.49. The van der Waals surface area contributed by atoms with Gasteiger partial charge in [0.05, 0.1) is 6.54 Å². The zero-order valence-electron chi connectivity index (χ0n) is 11.2. The van der Waals surface area contributed by atoms with Crippen LogP contribution in [0.4, 0.5) is 22.0 Å². The largest absolute Gasteiger partial charge is 0.401 e. The molecule has 0 saturated heterocycles. The number of rotatable bonds is 5. The third-order valence-corrected chi connectivity index (χ3v) is 2.91. The Kier molecular flexibility index (Phi) is 5.47. The molecular weight excluding hydrogens is 279 g/mol. The molecule has 0 saturated carbocycles. The molecule has 7 heteroatoms. The van der Waals surface area contributed by atoms with Gasteiger partial charge in [0.15, 0.2) is 0 Å². The van der Waals surface area contributed by atoms with Gasteiger partial charge in [0, 0.05) is 30.3 Å². The van der Waals surface area contributed by atoms with Crippen molar-refractivity contribution < 1.29 is 22.0 Å². The molecular formula is C13H17F5N2. The summed E-state index contributed by atoms with van der Waals surface area (Å²) in [6.45, 7) is 1.90. The maximum absolute atomic E-state index is 13.5. The van der Waals surface area contributed by atoms with Gasteiger partial charge < -0.3 is 5.73 Å². The molecule has 0 aliphatic rings. The van der Waals surface area contributed by atoms with E-state index in [0.29, 0.717) is 6.07 Å². The van der Waals surface area contributed by atoms with E-state index in [1.807, 2.05) is 0 Å². The predicted molar refractivity (Wildman–Crippen MR) is 66.1 cm³/mol. The van der Waals surface area contributed by atoms with E-state index in [9.17, 15) is 22.0 Å². The quantitative estimate of drug-likeness (QED) is 0.845. The number of nitrogens with two attached hydrogens (primary N) is 1. The summed E-state index contributed by atoms with van der Waals surface area (Å²) in [5, 5.41) is 0. The van der Waals surface area contributed by atoms with Gasteiger partial charge in [-0.1, -0.05) is 6.07 Å². The number of alkyl halides is 3. The van der Waals surface area contributed by atoms with E-state index in [4.69, 9.17) is 5.73 Å². The van der Waals surface area contributed by atoms with E-state index in [-0.39, 0.29) is 12.1 Å². The Hall–Kier alpha value is -1.21. The van der Waals surface area contributed by atoms with Crippen LogP contribution < -0.4 is 5.73 Å². The van der Waals surface area contributed by atoms with E-state index in [2.05, 4.69) is 0 Å². The van der Waals surface area contributed by atoms with Crippen LogP contribution in [0.1, 0.15) is 25.5 Å². The zero-order chi connectivity index (χ0) is 15.5. The predicted octanol–water partition coefficient (Wildman–Crippen LogP) is 3.24. The maximum atomic E-state index is 13.5. The molecule has 114 valence electrons. The normalized spacial score (nSPS) is 14.1. The number of benzene rings is 1. The van der Waals surface area contributed by atoms with Crippen LogP contribution >= 0.6 is 0 Å². The Morgan fingerprint density at radius 3 is 2.25 bits per heavy atom. The van der Waals surface area contributed by atoms with Crippen molar-refractivity contribution in [2.75, 3.05) is 13.1 Å². The molecule has 0 amide bonds. The van der Waals surface area contributed by atoms with Crippen LogP contribution in [0, 0.1) is 11.6 Å². The highest BCUT2D eigenvalue weighted by atomic mass is 19.4. The van der Waals surface area contributed by atoms with Crippen LogP contribution in [0.5, 0.6) is 0 Å². The van der Waals surface area contributed by atoms with Crippen molar-refractivity contribution in [2.24, 2.45) is 5.73 Å². The first kappa shape index (κ1) is 16.8. The summed E-state index contributed by atoms with van der Waals surface area (Å²) in [4.78, 5) is 1.10. The Labute approximate surface area is 114 Å². The van der Waals surface area contributed by atoms with Crippen LogP contribution in [-0.4, -0.2) is 30.2 Å². The van der Waals surface area contributed by atoms with Crippen molar-refractivity contribution in [1.29, 1.82) is 0 Å². The molecule has 0 aliphatic heterocycles. The van der Waals surface area contributed by atoms with Crippen molar-refractivity contribution in [2.45, 2.75) is 32.1 Å².